The highest BCUT2D eigenvalue weighted by atomic mass is 79.9. The number of ether oxygens (including phenoxy) is 1. The molecule has 318 valence electrons. The maximum Gasteiger partial charge on any atom is 0.341 e. The lowest BCUT2D eigenvalue weighted by Gasteiger charge is -2.28. The predicted molar refractivity (Wildman–Crippen MR) is 267 cm³/mol. The molecule has 10 heteroatoms. The van der Waals surface area contributed by atoms with Crippen LogP contribution in [0.25, 0.3) is 11.1 Å². The number of fused-ring (bicyclic) bond motifs is 1. The summed E-state index contributed by atoms with van der Waals surface area (Å²) in [5, 5.41) is 0.404. The molecular weight excluding hydrogens is 988 g/mol. The molecule has 0 unspecified atom stereocenters. The molecule has 0 saturated carbocycles. The van der Waals surface area contributed by atoms with Crippen LogP contribution in [0, 0.1) is 0 Å². The summed E-state index contributed by atoms with van der Waals surface area (Å²) < 4.78 is 8.70. The molecule has 5 aliphatic heterocycles. The van der Waals surface area contributed by atoms with E-state index in [1.165, 1.54) is 74.1 Å². The normalized spacial score (nSPS) is 18.1. The Morgan fingerprint density at radius 2 is 0.758 bits per heavy atom. The van der Waals surface area contributed by atoms with Crippen LogP contribution in [0.1, 0.15) is 89.5 Å². The number of nitrogens with zero attached hydrogens (tertiary/aromatic N) is 4. The molecule has 10 rings (SSSR count). The zero-order valence-corrected chi connectivity index (χ0v) is 40.3. The molecule has 0 aliphatic carbocycles. The van der Waals surface area contributed by atoms with Gasteiger partial charge in [-0.1, -0.05) is 60.1 Å². The maximum atomic E-state index is 14.6. The van der Waals surface area contributed by atoms with Crippen molar-refractivity contribution in [1.82, 2.24) is 0 Å². The van der Waals surface area contributed by atoms with Gasteiger partial charge in [0.1, 0.15) is 0 Å². The number of benzene rings is 5. The number of carbonyl (C=O) groups is 1. The van der Waals surface area contributed by atoms with Crippen molar-refractivity contribution in [3.63, 3.8) is 0 Å². The lowest BCUT2D eigenvalue weighted by Crippen LogP contribution is -2.23. The van der Waals surface area contributed by atoms with Crippen LogP contribution in [0.5, 0.6) is 0 Å². The average Bonchev–Trinajstić information content (AvgIpc) is 4.17. The van der Waals surface area contributed by atoms with Gasteiger partial charge in [0.15, 0.2) is 5.60 Å². The number of hydrogen-bond acceptors (Lipinski definition) is 6. The summed E-state index contributed by atoms with van der Waals surface area (Å²) in [7, 11) is 0. The first-order valence-electron chi connectivity index (χ1n) is 22.2. The monoisotopic (exact) mass is 1030 g/mol. The first-order valence-corrected chi connectivity index (χ1v) is 25.0. The van der Waals surface area contributed by atoms with E-state index in [1.807, 2.05) is 0 Å². The molecule has 4 saturated heterocycles. The predicted octanol–water partition coefficient (Wildman–Crippen LogP) is 13.7. The van der Waals surface area contributed by atoms with Gasteiger partial charge in [-0.05, 0) is 193 Å². The van der Waals surface area contributed by atoms with E-state index >= 15 is 0 Å². The van der Waals surface area contributed by atoms with E-state index in [0.29, 0.717) is 29.6 Å². The second kappa shape index (κ2) is 17.9. The minimum Gasteiger partial charge on any atom is -0.442 e. The number of cyclic esters (lactones) is 1. The molecule has 5 aromatic carbocycles. The molecule has 4 fully saturated rings. The van der Waals surface area contributed by atoms with Crippen molar-refractivity contribution in [2.24, 2.45) is 0 Å². The number of anilines is 4. The van der Waals surface area contributed by atoms with Crippen LogP contribution in [0.15, 0.2) is 123 Å². The van der Waals surface area contributed by atoms with Gasteiger partial charge in [0.05, 0.1) is 19.5 Å². The summed E-state index contributed by atoms with van der Waals surface area (Å²) in [5.74, 6) is -0.448. The number of rotatable bonds is 10. The molecule has 0 N–H and O–H groups in total. The molecule has 62 heavy (non-hydrogen) atoms. The van der Waals surface area contributed by atoms with Crippen LogP contribution in [-0.4, -0.2) is 58.3 Å². The number of halogens is 4. The molecule has 5 heterocycles. The maximum absolute atomic E-state index is 14.6. The van der Waals surface area contributed by atoms with E-state index in [1.54, 1.807) is 0 Å². The third-order valence-corrected chi connectivity index (χ3v) is 17.2. The van der Waals surface area contributed by atoms with E-state index in [2.05, 4.69) is 177 Å². The Labute approximate surface area is 396 Å². The number of carbonyl (C=O) groups excluding carboxylic acids is 1. The highest BCUT2D eigenvalue weighted by molar-refractivity contribution is 9.13. The van der Waals surface area contributed by atoms with Crippen molar-refractivity contribution in [3.8, 4) is 0 Å². The van der Waals surface area contributed by atoms with Gasteiger partial charge in [0, 0.05) is 85.1 Å². The van der Waals surface area contributed by atoms with Gasteiger partial charge in [-0.15, -0.1) is 0 Å². The van der Waals surface area contributed by atoms with Crippen LogP contribution < -0.4 is 19.6 Å². The summed E-state index contributed by atoms with van der Waals surface area (Å²) in [6.07, 6.45) is 14.0. The zero-order chi connectivity index (χ0) is 42.4. The fourth-order valence-corrected chi connectivity index (χ4v) is 12.3. The smallest absolute Gasteiger partial charge is 0.341 e. The Bertz CT molecular complexity index is 2260. The zero-order valence-electron chi connectivity index (χ0n) is 34.8. The van der Waals surface area contributed by atoms with Crippen LogP contribution in [-0.2, 0) is 10.3 Å². The lowest BCUT2D eigenvalue weighted by molar-refractivity contribution is 0.0298. The first kappa shape index (κ1) is 42.0. The van der Waals surface area contributed by atoms with Crippen molar-refractivity contribution < 1.29 is 9.53 Å². The summed E-state index contributed by atoms with van der Waals surface area (Å²) >= 11 is 18.4. The molecule has 0 aromatic heterocycles. The topological polar surface area (TPSA) is 39.3 Å². The Morgan fingerprint density at radius 3 is 1.05 bits per heavy atom. The third-order valence-electron chi connectivity index (χ3n) is 13.4. The van der Waals surface area contributed by atoms with Crippen molar-refractivity contribution in [2.75, 3.05) is 72.0 Å². The molecule has 0 amide bonds. The summed E-state index contributed by atoms with van der Waals surface area (Å²) in [4.78, 5) is 24.4. The quantitative estimate of drug-likeness (QED) is 0.0789. The summed E-state index contributed by atoms with van der Waals surface area (Å²) in [6.45, 7) is 8.57. The Hall–Kier alpha value is -4.02. The van der Waals surface area contributed by atoms with Gasteiger partial charge < -0.3 is 24.3 Å². The van der Waals surface area contributed by atoms with Gasteiger partial charge in [0.25, 0.3) is 0 Å². The SMILES string of the molecule is O=C1OC(C=C(c2ccc(N3CCCC3)cc2)c2ccc(N3CCCC3)cc2)(C=C(c2ccc(N3CCCC3)cc2)c2ccc(N3CCCC3)cc2)c2c(Br)c(Br)c(Cl)c(Br)c21. The third kappa shape index (κ3) is 8.05. The molecule has 0 bridgehead atoms. The van der Waals surface area contributed by atoms with Crippen molar-refractivity contribution >= 4 is 99.3 Å². The van der Waals surface area contributed by atoms with E-state index < -0.39 is 11.6 Å². The second-order valence-electron chi connectivity index (χ2n) is 17.3. The van der Waals surface area contributed by atoms with Crippen LogP contribution in [0.4, 0.5) is 22.7 Å². The molecule has 5 aromatic rings. The standard InChI is InChI=1S/C52H50Br3ClN4O2/c53-47-45-46(48(54)49(55)50(47)56)52(62-51(45)61,33-43(35-9-17-39(18-10-35)57-25-1-2-26-57)36-11-19-40(20-12-36)58-27-3-4-28-58)34-44(37-13-21-41(22-14-37)59-29-5-6-30-59)38-15-23-42(24-16-38)60-31-7-8-32-60/h9-24,33-34H,1-8,25-32H2. The van der Waals surface area contributed by atoms with E-state index in [0.717, 1.165) is 85.8 Å². The molecule has 0 radical (unpaired) electrons. The Kier molecular flexibility index (Phi) is 12.1. The number of esters is 1. The van der Waals surface area contributed by atoms with Gasteiger partial charge >= 0.3 is 5.97 Å². The minimum atomic E-state index is -1.38. The Balaban J connectivity index is 1.20. The fraction of sp³-hybridized carbons (Fsp3) is 0.327. The highest BCUT2D eigenvalue weighted by Crippen LogP contribution is 2.54. The van der Waals surface area contributed by atoms with Crippen molar-refractivity contribution in [3.05, 3.63) is 161 Å². The van der Waals surface area contributed by atoms with Gasteiger partial charge in [-0.25, -0.2) is 4.79 Å². The lowest BCUT2D eigenvalue weighted by atomic mass is 9.83. The highest BCUT2D eigenvalue weighted by Gasteiger charge is 2.48. The second-order valence-corrected chi connectivity index (χ2v) is 20.0. The summed E-state index contributed by atoms with van der Waals surface area (Å²) in [5.41, 5.74) is 10.7. The van der Waals surface area contributed by atoms with E-state index in [9.17, 15) is 4.79 Å². The average molecular weight is 1040 g/mol. The molecule has 6 nitrogen and oxygen atoms in total. The fourth-order valence-electron chi connectivity index (χ4n) is 10.1. The van der Waals surface area contributed by atoms with Gasteiger partial charge in [-0.2, -0.15) is 0 Å². The molecular formula is C52H50Br3ClN4O2. The molecule has 0 spiro atoms. The van der Waals surface area contributed by atoms with Crippen LogP contribution in [0.2, 0.25) is 5.02 Å². The largest absolute Gasteiger partial charge is 0.442 e. The number of hydrogen-bond donors (Lipinski definition) is 0. The molecule has 0 atom stereocenters. The van der Waals surface area contributed by atoms with E-state index in [4.69, 9.17) is 16.3 Å². The molecule has 5 aliphatic rings. The first-order chi connectivity index (χ1) is 30.3. The van der Waals surface area contributed by atoms with Crippen molar-refractivity contribution in [1.29, 1.82) is 0 Å². The summed E-state index contributed by atoms with van der Waals surface area (Å²) in [6, 6.07) is 35.7. The minimum absolute atomic E-state index is 0.402. The van der Waals surface area contributed by atoms with Crippen LogP contribution >= 0.6 is 59.4 Å². The van der Waals surface area contributed by atoms with Crippen LogP contribution in [0.3, 0.4) is 0 Å². The van der Waals surface area contributed by atoms with E-state index in [-0.39, 0.29) is 0 Å². The van der Waals surface area contributed by atoms with Gasteiger partial charge in [0.2, 0.25) is 0 Å². The van der Waals surface area contributed by atoms with Crippen molar-refractivity contribution in [2.45, 2.75) is 57.0 Å². The van der Waals surface area contributed by atoms with Gasteiger partial charge in [-0.3, -0.25) is 0 Å². The Morgan fingerprint density at radius 1 is 0.468 bits per heavy atom.